The number of nitrogens with two attached hydrogens (primary N) is 1. The zero-order chi connectivity index (χ0) is 20.7. The van der Waals surface area contributed by atoms with Crippen LogP contribution in [0.2, 0.25) is 0 Å². The number of piperidine rings is 1. The standard InChI is InChI=1S/C21H32N4O3.ClH/c1-21(2,3)20(28)24-13-15-6-8-16(9-7-15)19(27)25-12-4-5-17(14-25)18(26)23-11-10-22;/h6-9,17H,4-5,10-14,22H2,1-3H3,(H,23,26)(H,24,28);1H. The summed E-state index contributed by atoms with van der Waals surface area (Å²) in [5.74, 6) is -0.300. The molecule has 0 saturated carbocycles. The molecule has 1 heterocycles. The van der Waals surface area contributed by atoms with Gasteiger partial charge in [0.1, 0.15) is 0 Å². The van der Waals surface area contributed by atoms with Crippen LogP contribution >= 0.6 is 12.4 Å². The summed E-state index contributed by atoms with van der Waals surface area (Å²) in [7, 11) is 0. The van der Waals surface area contributed by atoms with Crippen molar-refractivity contribution in [3.05, 3.63) is 35.4 Å². The second kappa shape index (κ2) is 11.2. The number of carbonyl (C=O) groups is 3. The summed E-state index contributed by atoms with van der Waals surface area (Å²) >= 11 is 0. The zero-order valence-corrected chi connectivity index (χ0v) is 18.3. The Kier molecular flexibility index (Phi) is 9.59. The van der Waals surface area contributed by atoms with Crippen molar-refractivity contribution in [3.8, 4) is 0 Å². The van der Waals surface area contributed by atoms with E-state index in [4.69, 9.17) is 5.73 Å². The Balaban J connectivity index is 0.00000420. The van der Waals surface area contributed by atoms with Gasteiger partial charge in [-0.2, -0.15) is 0 Å². The van der Waals surface area contributed by atoms with Crippen LogP contribution in [0.25, 0.3) is 0 Å². The van der Waals surface area contributed by atoms with E-state index in [2.05, 4.69) is 10.6 Å². The van der Waals surface area contributed by atoms with Crippen molar-refractivity contribution in [2.75, 3.05) is 26.2 Å². The van der Waals surface area contributed by atoms with Crippen LogP contribution in [-0.4, -0.2) is 48.8 Å². The van der Waals surface area contributed by atoms with Crippen molar-refractivity contribution in [2.45, 2.75) is 40.2 Å². The number of halogens is 1. The molecule has 8 heteroatoms. The summed E-state index contributed by atoms with van der Waals surface area (Å²) in [6.45, 7) is 7.98. The summed E-state index contributed by atoms with van der Waals surface area (Å²) in [6, 6.07) is 7.26. The second-order valence-electron chi connectivity index (χ2n) is 8.30. The van der Waals surface area contributed by atoms with E-state index in [0.717, 1.165) is 18.4 Å². The van der Waals surface area contributed by atoms with Crippen molar-refractivity contribution in [1.82, 2.24) is 15.5 Å². The maximum atomic E-state index is 12.8. The lowest BCUT2D eigenvalue weighted by atomic mass is 9.95. The largest absolute Gasteiger partial charge is 0.355 e. The van der Waals surface area contributed by atoms with E-state index in [1.54, 1.807) is 17.0 Å². The Morgan fingerprint density at radius 1 is 1.14 bits per heavy atom. The van der Waals surface area contributed by atoms with Gasteiger partial charge in [0.15, 0.2) is 0 Å². The SMILES string of the molecule is CC(C)(C)C(=O)NCc1ccc(C(=O)N2CCCC(C(=O)NCCN)C2)cc1.Cl. The Labute approximate surface area is 179 Å². The number of benzene rings is 1. The first kappa shape index (κ1) is 24.9. The first-order valence-corrected chi connectivity index (χ1v) is 9.86. The molecule has 1 saturated heterocycles. The molecule has 1 aromatic carbocycles. The molecule has 1 fully saturated rings. The molecule has 1 aromatic rings. The molecule has 0 bridgehead atoms. The van der Waals surface area contributed by atoms with Crippen LogP contribution < -0.4 is 16.4 Å². The Hall–Kier alpha value is -2.12. The number of nitrogens with zero attached hydrogens (tertiary/aromatic N) is 1. The van der Waals surface area contributed by atoms with Gasteiger partial charge in [0, 0.05) is 43.7 Å². The van der Waals surface area contributed by atoms with Gasteiger partial charge in [-0.25, -0.2) is 0 Å². The molecule has 3 amide bonds. The predicted molar refractivity (Wildman–Crippen MR) is 116 cm³/mol. The highest BCUT2D eigenvalue weighted by Gasteiger charge is 2.28. The fourth-order valence-electron chi connectivity index (χ4n) is 3.11. The molecule has 0 spiro atoms. The molecular formula is C21H33ClN4O3. The lowest BCUT2D eigenvalue weighted by molar-refractivity contribution is -0.128. The van der Waals surface area contributed by atoms with E-state index in [0.29, 0.717) is 38.3 Å². The molecule has 0 aromatic heterocycles. The Morgan fingerprint density at radius 2 is 1.79 bits per heavy atom. The van der Waals surface area contributed by atoms with E-state index in [-0.39, 0.29) is 36.0 Å². The minimum atomic E-state index is -0.433. The highest BCUT2D eigenvalue weighted by molar-refractivity contribution is 5.94. The van der Waals surface area contributed by atoms with Crippen molar-refractivity contribution in [1.29, 1.82) is 0 Å². The van der Waals surface area contributed by atoms with Gasteiger partial charge < -0.3 is 21.3 Å². The van der Waals surface area contributed by atoms with Crippen molar-refractivity contribution in [2.24, 2.45) is 17.1 Å². The van der Waals surface area contributed by atoms with Gasteiger partial charge in [0.25, 0.3) is 5.91 Å². The van der Waals surface area contributed by atoms with E-state index < -0.39 is 5.41 Å². The lowest BCUT2D eigenvalue weighted by Crippen LogP contribution is -2.46. The van der Waals surface area contributed by atoms with E-state index in [1.807, 2.05) is 32.9 Å². The highest BCUT2D eigenvalue weighted by Crippen LogP contribution is 2.19. The number of nitrogens with one attached hydrogen (secondary N) is 2. The molecule has 4 N–H and O–H groups in total. The quantitative estimate of drug-likeness (QED) is 0.646. The van der Waals surface area contributed by atoms with Crippen LogP contribution in [0, 0.1) is 11.3 Å². The van der Waals surface area contributed by atoms with Crippen molar-refractivity contribution < 1.29 is 14.4 Å². The summed E-state index contributed by atoms with van der Waals surface area (Å²) in [5, 5.41) is 5.70. The van der Waals surface area contributed by atoms with Crippen LogP contribution in [0.5, 0.6) is 0 Å². The van der Waals surface area contributed by atoms with Crippen LogP contribution in [0.4, 0.5) is 0 Å². The van der Waals surface area contributed by atoms with E-state index >= 15 is 0 Å². The van der Waals surface area contributed by atoms with Gasteiger partial charge in [-0.15, -0.1) is 12.4 Å². The number of amides is 3. The number of hydrogen-bond donors (Lipinski definition) is 3. The first-order chi connectivity index (χ1) is 13.2. The summed E-state index contributed by atoms with van der Waals surface area (Å²) in [4.78, 5) is 38.7. The minimum Gasteiger partial charge on any atom is -0.355 e. The molecule has 1 aliphatic rings. The van der Waals surface area contributed by atoms with Crippen molar-refractivity contribution in [3.63, 3.8) is 0 Å². The molecule has 1 aliphatic heterocycles. The van der Waals surface area contributed by atoms with Gasteiger partial charge in [-0.05, 0) is 30.5 Å². The third kappa shape index (κ3) is 7.33. The molecule has 162 valence electrons. The first-order valence-electron chi connectivity index (χ1n) is 9.86. The molecule has 2 rings (SSSR count). The molecule has 1 atom stereocenters. The molecular weight excluding hydrogens is 392 g/mol. The van der Waals surface area contributed by atoms with Gasteiger partial charge >= 0.3 is 0 Å². The molecule has 7 nitrogen and oxygen atoms in total. The summed E-state index contributed by atoms with van der Waals surface area (Å²) in [6.07, 6.45) is 1.59. The number of hydrogen-bond acceptors (Lipinski definition) is 4. The average molecular weight is 425 g/mol. The molecule has 1 unspecified atom stereocenters. The lowest BCUT2D eigenvalue weighted by Gasteiger charge is -2.32. The van der Waals surface area contributed by atoms with Crippen molar-refractivity contribution >= 4 is 30.1 Å². The zero-order valence-electron chi connectivity index (χ0n) is 17.5. The average Bonchev–Trinajstić information content (AvgIpc) is 2.69. The Morgan fingerprint density at radius 3 is 2.38 bits per heavy atom. The van der Waals surface area contributed by atoms with Crippen LogP contribution in [0.3, 0.4) is 0 Å². The maximum absolute atomic E-state index is 12.8. The van der Waals surface area contributed by atoms with Gasteiger partial charge in [0.2, 0.25) is 11.8 Å². The van der Waals surface area contributed by atoms with Crippen LogP contribution in [0.15, 0.2) is 24.3 Å². The van der Waals surface area contributed by atoms with Crippen LogP contribution in [0.1, 0.15) is 49.5 Å². The van der Waals surface area contributed by atoms with Gasteiger partial charge in [-0.3, -0.25) is 14.4 Å². The topological polar surface area (TPSA) is 105 Å². The predicted octanol–water partition coefficient (Wildman–Crippen LogP) is 1.70. The van der Waals surface area contributed by atoms with Gasteiger partial charge in [0.05, 0.1) is 5.92 Å². The fourth-order valence-corrected chi connectivity index (χ4v) is 3.11. The van der Waals surface area contributed by atoms with E-state index in [1.165, 1.54) is 0 Å². The molecule has 29 heavy (non-hydrogen) atoms. The minimum absolute atomic E-state index is 0. The monoisotopic (exact) mass is 424 g/mol. The number of carbonyl (C=O) groups excluding carboxylic acids is 3. The maximum Gasteiger partial charge on any atom is 0.253 e. The fraction of sp³-hybridized carbons (Fsp3) is 0.571. The Bertz CT molecular complexity index is 701. The summed E-state index contributed by atoms with van der Waals surface area (Å²) in [5.41, 5.74) is 6.52. The third-order valence-electron chi connectivity index (χ3n) is 4.86. The molecule has 0 aliphatic carbocycles. The number of likely N-dealkylation sites (tertiary alicyclic amines) is 1. The smallest absolute Gasteiger partial charge is 0.253 e. The van der Waals surface area contributed by atoms with Gasteiger partial charge in [-0.1, -0.05) is 32.9 Å². The highest BCUT2D eigenvalue weighted by atomic mass is 35.5. The van der Waals surface area contributed by atoms with Crippen LogP contribution in [-0.2, 0) is 16.1 Å². The summed E-state index contributed by atoms with van der Waals surface area (Å²) < 4.78 is 0. The van der Waals surface area contributed by atoms with E-state index in [9.17, 15) is 14.4 Å². The third-order valence-corrected chi connectivity index (χ3v) is 4.86. The normalized spacial score (nSPS) is 16.6. The molecule has 0 radical (unpaired) electrons. The number of rotatable bonds is 6. The second-order valence-corrected chi connectivity index (χ2v) is 8.30.